The Morgan fingerprint density at radius 1 is 1.42 bits per heavy atom. The van der Waals surface area contributed by atoms with E-state index in [0.29, 0.717) is 16.8 Å². The van der Waals surface area contributed by atoms with Crippen LogP contribution < -0.4 is 17.3 Å². The third-order valence-electron chi connectivity index (χ3n) is 1.64. The van der Waals surface area contributed by atoms with Gasteiger partial charge in [-0.15, -0.1) is 0 Å². The zero-order chi connectivity index (χ0) is 8.72. The van der Waals surface area contributed by atoms with Crippen LogP contribution in [-0.2, 0) is 0 Å². The lowest BCUT2D eigenvalue weighted by molar-refractivity contribution is 0.535. The lowest BCUT2D eigenvalue weighted by atomic mass is 10.3. The van der Waals surface area contributed by atoms with Crippen LogP contribution in [0, 0.1) is 0 Å². The zero-order valence-electron chi connectivity index (χ0n) is 6.15. The van der Waals surface area contributed by atoms with Gasteiger partial charge in [0.1, 0.15) is 5.52 Å². The second-order valence-corrected chi connectivity index (χ2v) is 2.47. The number of benzene rings is 1. The highest BCUT2D eigenvalue weighted by Crippen LogP contribution is 2.13. The first kappa shape index (κ1) is 6.78. The van der Waals surface area contributed by atoms with Gasteiger partial charge in [0.25, 0.3) is 0 Å². The number of aromatic nitrogens is 1. The second-order valence-electron chi connectivity index (χ2n) is 2.47. The van der Waals surface area contributed by atoms with Crippen molar-refractivity contribution in [1.82, 2.24) is 4.68 Å². The number of nitrogen functional groups attached to an aromatic ring is 2. The SMILES string of the molecule is Nc1ccc2c(c1)oc(=O)n2N. The van der Waals surface area contributed by atoms with Crippen molar-refractivity contribution in [2.75, 3.05) is 11.6 Å². The van der Waals surface area contributed by atoms with Gasteiger partial charge in [-0.2, -0.15) is 4.68 Å². The first-order valence-electron chi connectivity index (χ1n) is 3.34. The topological polar surface area (TPSA) is 87.2 Å². The zero-order valence-corrected chi connectivity index (χ0v) is 6.15. The van der Waals surface area contributed by atoms with Crippen molar-refractivity contribution in [1.29, 1.82) is 0 Å². The van der Waals surface area contributed by atoms with Crippen molar-refractivity contribution >= 4 is 16.8 Å². The molecule has 0 saturated heterocycles. The molecule has 0 amide bonds. The third-order valence-corrected chi connectivity index (χ3v) is 1.64. The van der Waals surface area contributed by atoms with E-state index in [9.17, 15) is 4.79 Å². The molecule has 1 aromatic carbocycles. The van der Waals surface area contributed by atoms with E-state index in [0.717, 1.165) is 4.68 Å². The van der Waals surface area contributed by atoms with E-state index in [1.807, 2.05) is 0 Å². The first-order valence-corrected chi connectivity index (χ1v) is 3.34. The van der Waals surface area contributed by atoms with E-state index in [1.165, 1.54) is 0 Å². The second kappa shape index (κ2) is 2.04. The van der Waals surface area contributed by atoms with Crippen LogP contribution >= 0.6 is 0 Å². The van der Waals surface area contributed by atoms with Crippen molar-refractivity contribution in [2.45, 2.75) is 0 Å². The van der Waals surface area contributed by atoms with Crippen LogP contribution in [0.1, 0.15) is 0 Å². The van der Waals surface area contributed by atoms with E-state index in [4.69, 9.17) is 16.0 Å². The summed E-state index contributed by atoms with van der Waals surface area (Å²) in [6, 6.07) is 4.84. The van der Waals surface area contributed by atoms with Gasteiger partial charge in [-0.25, -0.2) is 4.79 Å². The Morgan fingerprint density at radius 3 is 2.92 bits per heavy atom. The van der Waals surface area contributed by atoms with Crippen LogP contribution in [0.2, 0.25) is 0 Å². The molecule has 0 aliphatic carbocycles. The first-order chi connectivity index (χ1) is 5.68. The summed E-state index contributed by atoms with van der Waals surface area (Å²) in [7, 11) is 0. The molecule has 4 N–H and O–H groups in total. The average molecular weight is 165 g/mol. The molecular formula is C7H7N3O2. The molecule has 2 aromatic rings. The average Bonchev–Trinajstić information content (AvgIpc) is 2.28. The summed E-state index contributed by atoms with van der Waals surface area (Å²) in [5.74, 6) is 4.77. The summed E-state index contributed by atoms with van der Waals surface area (Å²) >= 11 is 0. The quantitative estimate of drug-likeness (QED) is 0.421. The smallest absolute Gasteiger partial charge is 0.406 e. The maximum absolute atomic E-state index is 10.9. The number of nitrogens with two attached hydrogens (primary N) is 2. The summed E-state index contributed by atoms with van der Waals surface area (Å²) in [4.78, 5) is 10.9. The summed E-state index contributed by atoms with van der Waals surface area (Å²) < 4.78 is 5.72. The number of hydrogen-bond acceptors (Lipinski definition) is 4. The van der Waals surface area contributed by atoms with Crippen LogP contribution in [-0.4, -0.2) is 4.68 Å². The Balaban J connectivity index is 2.96. The molecular weight excluding hydrogens is 158 g/mol. The molecule has 1 heterocycles. The van der Waals surface area contributed by atoms with E-state index < -0.39 is 5.76 Å². The predicted octanol–water partition coefficient (Wildman–Crippen LogP) is -0.109. The molecule has 5 heteroatoms. The molecule has 0 atom stereocenters. The minimum atomic E-state index is -0.587. The van der Waals surface area contributed by atoms with Crippen molar-refractivity contribution in [3.8, 4) is 0 Å². The highest BCUT2D eigenvalue weighted by atomic mass is 16.4. The van der Waals surface area contributed by atoms with E-state index in [1.54, 1.807) is 18.2 Å². The molecule has 2 rings (SSSR count). The summed E-state index contributed by atoms with van der Waals surface area (Å²) in [5, 5.41) is 0. The maximum atomic E-state index is 10.9. The number of rotatable bonds is 0. The lowest BCUT2D eigenvalue weighted by Crippen LogP contribution is -2.21. The fourth-order valence-electron chi connectivity index (χ4n) is 1.05. The third kappa shape index (κ3) is 0.763. The Labute approximate surface area is 67.1 Å². The molecule has 0 fully saturated rings. The monoisotopic (exact) mass is 165 g/mol. The summed E-state index contributed by atoms with van der Waals surface area (Å²) in [5.41, 5.74) is 6.95. The Hall–Kier alpha value is -1.91. The molecule has 62 valence electrons. The predicted molar refractivity (Wildman–Crippen MR) is 45.0 cm³/mol. The fourth-order valence-corrected chi connectivity index (χ4v) is 1.05. The molecule has 1 aromatic heterocycles. The highest BCUT2D eigenvalue weighted by Gasteiger charge is 2.04. The highest BCUT2D eigenvalue weighted by molar-refractivity contribution is 5.76. The van der Waals surface area contributed by atoms with Gasteiger partial charge in [0.05, 0.1) is 0 Å². The van der Waals surface area contributed by atoms with Gasteiger partial charge in [-0.05, 0) is 12.1 Å². The molecule has 0 aliphatic rings. The maximum Gasteiger partial charge on any atom is 0.438 e. The van der Waals surface area contributed by atoms with Crippen LogP contribution in [0.3, 0.4) is 0 Å². The van der Waals surface area contributed by atoms with Gasteiger partial charge in [-0.1, -0.05) is 0 Å². The van der Waals surface area contributed by atoms with Crippen LogP contribution in [0.15, 0.2) is 27.4 Å². The van der Waals surface area contributed by atoms with Gasteiger partial charge < -0.3 is 16.0 Å². The van der Waals surface area contributed by atoms with E-state index in [2.05, 4.69) is 0 Å². The normalized spacial score (nSPS) is 10.7. The van der Waals surface area contributed by atoms with Crippen molar-refractivity contribution in [2.24, 2.45) is 0 Å². The number of anilines is 1. The Kier molecular flexibility index (Phi) is 1.15. The molecule has 5 nitrogen and oxygen atoms in total. The molecule has 12 heavy (non-hydrogen) atoms. The molecule has 0 radical (unpaired) electrons. The molecule has 0 aliphatic heterocycles. The van der Waals surface area contributed by atoms with E-state index in [-0.39, 0.29) is 0 Å². The summed E-state index contributed by atoms with van der Waals surface area (Å²) in [6.45, 7) is 0. The van der Waals surface area contributed by atoms with Gasteiger partial charge in [-0.3, -0.25) is 0 Å². The molecule has 0 saturated carbocycles. The number of fused-ring (bicyclic) bond motifs is 1. The number of nitrogens with zero attached hydrogens (tertiary/aromatic N) is 1. The van der Waals surface area contributed by atoms with Crippen LogP contribution in [0.25, 0.3) is 11.1 Å². The standard InChI is InChI=1S/C7H7N3O2/c8-4-1-2-5-6(3-4)12-7(11)10(5)9/h1-3H,8-9H2. The van der Waals surface area contributed by atoms with Crippen molar-refractivity contribution in [3.63, 3.8) is 0 Å². The fraction of sp³-hybridized carbons (Fsp3) is 0. The van der Waals surface area contributed by atoms with Gasteiger partial charge in [0.15, 0.2) is 5.58 Å². The largest absolute Gasteiger partial charge is 0.438 e. The number of oxazole rings is 1. The minimum Gasteiger partial charge on any atom is -0.406 e. The van der Waals surface area contributed by atoms with Crippen LogP contribution in [0.4, 0.5) is 5.69 Å². The van der Waals surface area contributed by atoms with Gasteiger partial charge >= 0.3 is 5.76 Å². The summed E-state index contributed by atoms with van der Waals surface area (Å²) in [6.07, 6.45) is 0. The van der Waals surface area contributed by atoms with E-state index >= 15 is 0 Å². The lowest BCUT2D eigenvalue weighted by Gasteiger charge is -1.91. The van der Waals surface area contributed by atoms with Gasteiger partial charge in [0.2, 0.25) is 0 Å². The Bertz CT molecular complexity index is 483. The van der Waals surface area contributed by atoms with Crippen LogP contribution in [0.5, 0.6) is 0 Å². The van der Waals surface area contributed by atoms with Crippen molar-refractivity contribution in [3.05, 3.63) is 28.7 Å². The molecule has 0 spiro atoms. The van der Waals surface area contributed by atoms with Gasteiger partial charge in [0, 0.05) is 11.8 Å². The van der Waals surface area contributed by atoms with Crippen molar-refractivity contribution < 1.29 is 4.42 Å². The molecule has 0 bridgehead atoms. The molecule has 0 unspecified atom stereocenters. The number of hydrogen-bond donors (Lipinski definition) is 2. The Morgan fingerprint density at radius 2 is 2.17 bits per heavy atom. The minimum absolute atomic E-state index is 0.405.